The lowest BCUT2D eigenvalue weighted by Crippen LogP contribution is -2.42. The number of nitrogens with zero attached hydrogens (tertiary/aromatic N) is 3. The van der Waals surface area contributed by atoms with Crippen LogP contribution >= 0.6 is 34.8 Å². The van der Waals surface area contributed by atoms with E-state index >= 15 is 0 Å². The van der Waals surface area contributed by atoms with Gasteiger partial charge in [0.1, 0.15) is 5.82 Å². The summed E-state index contributed by atoms with van der Waals surface area (Å²) in [7, 11) is 4.15. The second-order valence-corrected chi connectivity index (χ2v) is 10.2. The van der Waals surface area contributed by atoms with E-state index in [4.69, 9.17) is 22.2 Å². The minimum Gasteiger partial charge on any atom is -0.362 e. The van der Waals surface area contributed by atoms with Gasteiger partial charge < -0.3 is 20.9 Å². The highest BCUT2D eigenvalue weighted by Crippen LogP contribution is 2.29. The van der Waals surface area contributed by atoms with E-state index in [1.54, 1.807) is 0 Å². The van der Waals surface area contributed by atoms with Gasteiger partial charge in [0.15, 0.2) is 5.11 Å². The van der Waals surface area contributed by atoms with Crippen LogP contribution < -0.4 is 20.9 Å². The third-order valence-corrected chi connectivity index (χ3v) is 7.26. The number of nitrogens with one attached hydrogen (secondary N) is 3. The third-order valence-electron chi connectivity index (χ3n) is 6.10. The summed E-state index contributed by atoms with van der Waals surface area (Å²) in [5, 5.41) is 11.1. The van der Waals surface area contributed by atoms with E-state index in [1.165, 1.54) is 27.7 Å². The molecule has 0 bridgehead atoms. The van der Waals surface area contributed by atoms with Gasteiger partial charge in [-0.25, -0.2) is 4.98 Å². The van der Waals surface area contributed by atoms with Gasteiger partial charge in [0.25, 0.3) is 0 Å². The Kier molecular flexibility index (Phi) is 7.47. The number of para-hydroxylation sites is 1. The lowest BCUT2D eigenvalue weighted by atomic mass is 9.91. The third kappa shape index (κ3) is 5.77. The van der Waals surface area contributed by atoms with Crippen LogP contribution in [0.5, 0.6) is 0 Å². The van der Waals surface area contributed by atoms with Crippen molar-refractivity contribution in [1.82, 2.24) is 15.3 Å². The quantitative estimate of drug-likeness (QED) is 0.368. The minimum atomic E-state index is 0.404. The second-order valence-electron chi connectivity index (χ2n) is 8.67. The van der Waals surface area contributed by atoms with Crippen LogP contribution in [0.2, 0.25) is 0 Å². The average molecular weight is 551 g/mol. The average Bonchev–Trinajstić information content (AvgIpc) is 2.76. The van der Waals surface area contributed by atoms with Crippen LogP contribution in [-0.4, -0.2) is 41.3 Å². The second kappa shape index (κ2) is 10.3. The molecule has 0 saturated heterocycles. The molecule has 31 heavy (non-hydrogen) atoms. The lowest BCUT2D eigenvalue weighted by molar-refractivity contribution is 0.387. The molecule has 2 aromatic rings. The highest BCUT2D eigenvalue weighted by molar-refractivity contribution is 14.1. The molecule has 0 amide bonds. The Bertz CT molecular complexity index is 926. The molecule has 2 aliphatic rings. The molecule has 3 N–H and O–H groups in total. The Labute approximate surface area is 204 Å². The van der Waals surface area contributed by atoms with Crippen LogP contribution in [0.3, 0.4) is 0 Å². The Morgan fingerprint density at radius 3 is 2.48 bits per heavy atom. The summed E-state index contributed by atoms with van der Waals surface area (Å²) >= 11 is 7.86. The lowest BCUT2D eigenvalue weighted by Gasteiger charge is -2.31. The van der Waals surface area contributed by atoms with Gasteiger partial charge in [0.2, 0.25) is 5.95 Å². The molecule has 8 heteroatoms. The minimum absolute atomic E-state index is 0.404. The molecule has 1 heterocycles. The predicted octanol–water partition coefficient (Wildman–Crippen LogP) is 4.74. The zero-order valence-electron chi connectivity index (χ0n) is 18.2. The standard InChI is InChI=1S/C23H31IN6S/c1-30(2)21-17-7-3-5-9-19(17)27-22(29-21)25-15-11-13-16(14-12-15)26-23(31)28-20-10-6-4-8-18(20)24/h4,6,8,10,15-16H,3,5,7,9,11-14H2,1-2H3,(H,25,27,29)(H2,26,28,31)/t15-,16+. The van der Waals surface area contributed by atoms with E-state index in [1.807, 2.05) is 12.1 Å². The van der Waals surface area contributed by atoms with E-state index in [-0.39, 0.29) is 0 Å². The van der Waals surface area contributed by atoms with Crippen LogP contribution in [0.25, 0.3) is 0 Å². The number of hydrogen-bond acceptors (Lipinski definition) is 5. The molecule has 0 spiro atoms. The monoisotopic (exact) mass is 550 g/mol. The number of fused-ring (bicyclic) bond motifs is 1. The van der Waals surface area contributed by atoms with Gasteiger partial charge in [-0.3, -0.25) is 0 Å². The molecule has 1 saturated carbocycles. The van der Waals surface area contributed by atoms with Crippen molar-refractivity contribution >= 4 is 57.4 Å². The number of rotatable bonds is 5. The van der Waals surface area contributed by atoms with Gasteiger partial charge >= 0.3 is 0 Å². The van der Waals surface area contributed by atoms with Crippen molar-refractivity contribution in [2.75, 3.05) is 29.6 Å². The highest BCUT2D eigenvalue weighted by Gasteiger charge is 2.24. The van der Waals surface area contributed by atoms with Crippen LogP contribution in [0, 0.1) is 3.57 Å². The first kappa shape index (κ1) is 22.5. The molecule has 0 radical (unpaired) electrons. The molecule has 0 aliphatic heterocycles. The first-order chi connectivity index (χ1) is 15.0. The molecular formula is C23H31IN6S. The fourth-order valence-corrected chi connectivity index (χ4v) is 5.28. The summed E-state index contributed by atoms with van der Waals surface area (Å²) < 4.78 is 1.17. The number of anilines is 3. The van der Waals surface area contributed by atoms with Crippen LogP contribution in [0.1, 0.15) is 49.8 Å². The maximum atomic E-state index is 5.54. The van der Waals surface area contributed by atoms with E-state index in [2.05, 4.69) is 69.7 Å². The molecular weight excluding hydrogens is 519 g/mol. The van der Waals surface area contributed by atoms with Gasteiger partial charge in [-0.15, -0.1) is 0 Å². The maximum Gasteiger partial charge on any atom is 0.225 e. The first-order valence-corrected chi connectivity index (χ1v) is 12.6. The molecule has 0 atom stereocenters. The Morgan fingerprint density at radius 2 is 1.74 bits per heavy atom. The zero-order chi connectivity index (χ0) is 21.8. The first-order valence-electron chi connectivity index (χ1n) is 11.2. The van der Waals surface area contributed by atoms with Crippen molar-refractivity contribution in [2.24, 2.45) is 0 Å². The summed E-state index contributed by atoms with van der Waals surface area (Å²) in [6.45, 7) is 0. The van der Waals surface area contributed by atoms with Gasteiger partial charge in [0.05, 0.1) is 11.4 Å². The number of benzene rings is 1. The predicted molar refractivity (Wildman–Crippen MR) is 141 cm³/mol. The largest absolute Gasteiger partial charge is 0.362 e. The summed E-state index contributed by atoms with van der Waals surface area (Å²) in [4.78, 5) is 11.9. The van der Waals surface area contributed by atoms with Crippen molar-refractivity contribution in [2.45, 2.75) is 63.5 Å². The van der Waals surface area contributed by atoms with Crippen molar-refractivity contribution in [1.29, 1.82) is 0 Å². The molecule has 2 aliphatic carbocycles. The molecule has 1 aromatic carbocycles. The Hall–Kier alpha value is -1.68. The van der Waals surface area contributed by atoms with Crippen LogP contribution in [0.4, 0.5) is 17.5 Å². The highest BCUT2D eigenvalue weighted by atomic mass is 127. The van der Waals surface area contributed by atoms with Crippen LogP contribution in [-0.2, 0) is 12.8 Å². The number of hydrogen-bond donors (Lipinski definition) is 3. The summed E-state index contributed by atoms with van der Waals surface area (Å²) in [5.41, 5.74) is 3.62. The smallest absolute Gasteiger partial charge is 0.225 e. The molecule has 0 unspecified atom stereocenters. The van der Waals surface area contributed by atoms with Gasteiger partial charge in [-0.05, 0) is 98.3 Å². The van der Waals surface area contributed by atoms with E-state index in [0.717, 1.165) is 56.0 Å². The normalized spacial score (nSPS) is 20.5. The zero-order valence-corrected chi connectivity index (χ0v) is 21.2. The van der Waals surface area contributed by atoms with E-state index < -0.39 is 0 Å². The fraction of sp³-hybridized carbons (Fsp3) is 0.522. The number of aromatic nitrogens is 2. The van der Waals surface area contributed by atoms with E-state index in [0.29, 0.717) is 17.2 Å². The van der Waals surface area contributed by atoms with Gasteiger partial charge in [-0.2, -0.15) is 4.98 Å². The molecule has 6 nitrogen and oxygen atoms in total. The molecule has 166 valence electrons. The number of halogens is 1. The molecule has 1 aromatic heterocycles. The number of thiocarbonyl (C=S) groups is 1. The van der Waals surface area contributed by atoms with Crippen molar-refractivity contribution in [3.8, 4) is 0 Å². The van der Waals surface area contributed by atoms with Crippen molar-refractivity contribution in [3.05, 3.63) is 39.1 Å². The number of aryl methyl sites for hydroxylation is 1. The Morgan fingerprint density at radius 1 is 1.03 bits per heavy atom. The van der Waals surface area contributed by atoms with Gasteiger partial charge in [-0.1, -0.05) is 12.1 Å². The molecule has 4 rings (SSSR count). The SMILES string of the molecule is CN(C)c1nc(N[C@H]2CC[C@@H](NC(=S)Nc3ccccc3I)CC2)nc2c1CCCC2. The van der Waals surface area contributed by atoms with Crippen molar-refractivity contribution < 1.29 is 0 Å². The fourth-order valence-electron chi connectivity index (χ4n) is 4.48. The van der Waals surface area contributed by atoms with Crippen LogP contribution in [0.15, 0.2) is 24.3 Å². The van der Waals surface area contributed by atoms with Crippen molar-refractivity contribution in [3.63, 3.8) is 0 Å². The van der Waals surface area contributed by atoms with Gasteiger partial charge in [0, 0.05) is 35.3 Å². The van der Waals surface area contributed by atoms with E-state index in [9.17, 15) is 0 Å². The Balaban J connectivity index is 1.31. The summed E-state index contributed by atoms with van der Waals surface area (Å²) in [6, 6.07) is 9.00. The topological polar surface area (TPSA) is 65.1 Å². The summed E-state index contributed by atoms with van der Waals surface area (Å²) in [5.74, 6) is 1.87. The summed E-state index contributed by atoms with van der Waals surface area (Å²) in [6.07, 6.45) is 8.95. The maximum absolute atomic E-state index is 5.54. The molecule has 1 fully saturated rings.